The molecule has 0 aromatic heterocycles. The molecular weight excluding hydrogens is 314 g/mol. The quantitative estimate of drug-likeness (QED) is 0.903. The van der Waals surface area contributed by atoms with Crippen molar-refractivity contribution in [3.05, 3.63) is 53.6 Å². The van der Waals surface area contributed by atoms with Crippen LogP contribution in [0.1, 0.15) is 17.5 Å². The highest BCUT2D eigenvalue weighted by molar-refractivity contribution is 7.92. The van der Waals surface area contributed by atoms with Crippen molar-refractivity contribution < 1.29 is 13.2 Å². The summed E-state index contributed by atoms with van der Waals surface area (Å²) in [6, 6.07) is 12.8. The van der Waals surface area contributed by atoms with E-state index in [4.69, 9.17) is 5.26 Å². The minimum Gasteiger partial charge on any atom is -0.326 e. The van der Waals surface area contributed by atoms with E-state index in [0.29, 0.717) is 29.8 Å². The largest absolute Gasteiger partial charge is 0.326 e. The van der Waals surface area contributed by atoms with Gasteiger partial charge in [0.2, 0.25) is 5.91 Å². The Morgan fingerprint density at radius 3 is 2.52 bits per heavy atom. The Bertz CT molecular complexity index is 913. The first-order valence-corrected chi connectivity index (χ1v) is 8.42. The highest BCUT2D eigenvalue weighted by Gasteiger charge is 2.20. The van der Waals surface area contributed by atoms with E-state index < -0.39 is 10.0 Å². The van der Waals surface area contributed by atoms with E-state index in [2.05, 4.69) is 10.0 Å². The molecule has 0 radical (unpaired) electrons. The van der Waals surface area contributed by atoms with Crippen LogP contribution in [0.15, 0.2) is 47.4 Å². The smallest absolute Gasteiger partial charge is 0.261 e. The molecule has 1 aliphatic heterocycles. The number of benzene rings is 2. The SMILES string of the molecule is N#Cc1ccc(NS(=O)(=O)c2ccc3c(c2)CCC(=O)N3)cc1. The topological polar surface area (TPSA) is 99.1 Å². The number of anilines is 2. The molecule has 1 aliphatic rings. The van der Waals surface area contributed by atoms with E-state index in [0.717, 1.165) is 5.56 Å². The van der Waals surface area contributed by atoms with Crippen molar-refractivity contribution in [1.29, 1.82) is 5.26 Å². The number of fused-ring (bicyclic) bond motifs is 1. The standard InChI is InChI=1S/C16H13N3O3S/c17-10-11-1-4-13(5-2-11)19-23(21,22)14-6-7-15-12(9-14)3-8-16(20)18-15/h1-2,4-7,9,19H,3,8H2,(H,18,20). The Morgan fingerprint density at radius 1 is 1.09 bits per heavy atom. The van der Waals surface area contributed by atoms with Crippen molar-refractivity contribution in [3.8, 4) is 6.07 Å². The van der Waals surface area contributed by atoms with Crippen molar-refractivity contribution >= 4 is 27.3 Å². The Balaban J connectivity index is 1.87. The van der Waals surface area contributed by atoms with Crippen LogP contribution in [0.2, 0.25) is 0 Å². The monoisotopic (exact) mass is 327 g/mol. The van der Waals surface area contributed by atoms with Gasteiger partial charge < -0.3 is 5.32 Å². The molecule has 2 N–H and O–H groups in total. The van der Waals surface area contributed by atoms with Crippen LogP contribution in [0, 0.1) is 11.3 Å². The van der Waals surface area contributed by atoms with Gasteiger partial charge in [0.15, 0.2) is 0 Å². The number of carbonyl (C=O) groups excluding carboxylic acids is 1. The number of hydrogen-bond donors (Lipinski definition) is 2. The fraction of sp³-hybridized carbons (Fsp3) is 0.125. The average Bonchev–Trinajstić information content (AvgIpc) is 2.54. The molecular formula is C16H13N3O3S. The van der Waals surface area contributed by atoms with Gasteiger partial charge >= 0.3 is 0 Å². The number of carbonyl (C=O) groups is 1. The number of nitriles is 1. The van der Waals surface area contributed by atoms with Gasteiger partial charge in [0.05, 0.1) is 16.5 Å². The molecule has 0 atom stereocenters. The maximum absolute atomic E-state index is 12.4. The molecule has 0 saturated heterocycles. The zero-order valence-corrected chi connectivity index (χ0v) is 12.9. The first-order valence-electron chi connectivity index (χ1n) is 6.94. The van der Waals surface area contributed by atoms with E-state index in [9.17, 15) is 13.2 Å². The van der Waals surface area contributed by atoms with Crippen molar-refractivity contribution in [3.63, 3.8) is 0 Å². The molecule has 6 nitrogen and oxygen atoms in total. The van der Waals surface area contributed by atoms with Gasteiger partial charge in [-0.3, -0.25) is 9.52 Å². The number of nitrogens with zero attached hydrogens (tertiary/aromatic N) is 1. The summed E-state index contributed by atoms with van der Waals surface area (Å²) in [5.41, 5.74) is 2.29. The molecule has 0 saturated carbocycles. The Hall–Kier alpha value is -2.85. The molecule has 2 aromatic carbocycles. The maximum Gasteiger partial charge on any atom is 0.261 e. The molecule has 0 bridgehead atoms. The lowest BCUT2D eigenvalue weighted by atomic mass is 10.0. The molecule has 0 aliphatic carbocycles. The first-order chi connectivity index (χ1) is 11.0. The van der Waals surface area contributed by atoms with Gasteiger partial charge in [0.25, 0.3) is 10.0 Å². The van der Waals surface area contributed by atoms with Crippen LogP contribution in [-0.2, 0) is 21.2 Å². The molecule has 23 heavy (non-hydrogen) atoms. The average molecular weight is 327 g/mol. The summed E-state index contributed by atoms with van der Waals surface area (Å²) in [7, 11) is -3.73. The maximum atomic E-state index is 12.4. The van der Waals surface area contributed by atoms with Gasteiger partial charge in [-0.05, 0) is 54.4 Å². The summed E-state index contributed by atoms with van der Waals surface area (Å²) < 4.78 is 27.4. The van der Waals surface area contributed by atoms with Crippen molar-refractivity contribution in [1.82, 2.24) is 0 Å². The Labute approximate surface area is 133 Å². The molecule has 1 amide bonds. The lowest BCUT2D eigenvalue weighted by Gasteiger charge is -2.17. The summed E-state index contributed by atoms with van der Waals surface area (Å²) in [5, 5.41) is 11.5. The minimum atomic E-state index is -3.73. The molecule has 1 heterocycles. The number of amides is 1. The van der Waals surface area contributed by atoms with E-state index in [-0.39, 0.29) is 10.8 Å². The van der Waals surface area contributed by atoms with E-state index in [1.54, 1.807) is 24.3 Å². The fourth-order valence-electron chi connectivity index (χ4n) is 2.35. The van der Waals surface area contributed by atoms with E-state index in [1.807, 2.05) is 6.07 Å². The van der Waals surface area contributed by atoms with Gasteiger partial charge in [-0.1, -0.05) is 0 Å². The molecule has 0 fully saturated rings. The molecule has 116 valence electrons. The fourth-order valence-corrected chi connectivity index (χ4v) is 3.46. The molecule has 2 aromatic rings. The van der Waals surface area contributed by atoms with Crippen LogP contribution in [0.5, 0.6) is 0 Å². The molecule has 3 rings (SSSR count). The highest BCUT2D eigenvalue weighted by Crippen LogP contribution is 2.26. The van der Waals surface area contributed by atoms with Crippen molar-refractivity contribution in [2.45, 2.75) is 17.7 Å². The van der Waals surface area contributed by atoms with Gasteiger partial charge in [0.1, 0.15) is 0 Å². The second-order valence-electron chi connectivity index (χ2n) is 5.16. The van der Waals surface area contributed by atoms with Gasteiger partial charge in [-0.2, -0.15) is 5.26 Å². The van der Waals surface area contributed by atoms with Gasteiger partial charge in [-0.25, -0.2) is 8.42 Å². The predicted octanol–water partition coefficient (Wildman–Crippen LogP) is 2.24. The third-order valence-electron chi connectivity index (χ3n) is 3.55. The zero-order valence-electron chi connectivity index (χ0n) is 12.0. The summed E-state index contributed by atoms with van der Waals surface area (Å²) in [4.78, 5) is 11.5. The molecule has 7 heteroatoms. The molecule has 0 spiro atoms. The minimum absolute atomic E-state index is 0.0659. The van der Waals surface area contributed by atoms with Gasteiger partial charge in [0, 0.05) is 17.8 Å². The van der Waals surface area contributed by atoms with Crippen molar-refractivity contribution in [2.75, 3.05) is 10.0 Å². The number of nitrogens with one attached hydrogen (secondary N) is 2. The highest BCUT2D eigenvalue weighted by atomic mass is 32.2. The molecule has 0 unspecified atom stereocenters. The second-order valence-corrected chi connectivity index (χ2v) is 6.84. The van der Waals surface area contributed by atoms with Crippen LogP contribution < -0.4 is 10.0 Å². The summed E-state index contributed by atoms with van der Waals surface area (Å²) in [6.45, 7) is 0. The summed E-state index contributed by atoms with van der Waals surface area (Å²) >= 11 is 0. The number of rotatable bonds is 3. The Kier molecular flexibility index (Phi) is 3.76. The zero-order chi connectivity index (χ0) is 16.4. The van der Waals surface area contributed by atoms with Crippen LogP contribution in [0.4, 0.5) is 11.4 Å². The Morgan fingerprint density at radius 2 is 1.83 bits per heavy atom. The third-order valence-corrected chi connectivity index (χ3v) is 4.93. The van der Waals surface area contributed by atoms with E-state index in [1.165, 1.54) is 18.2 Å². The number of sulfonamides is 1. The second kappa shape index (κ2) is 5.74. The van der Waals surface area contributed by atoms with Crippen molar-refractivity contribution in [2.24, 2.45) is 0 Å². The summed E-state index contributed by atoms with van der Waals surface area (Å²) in [6.07, 6.45) is 0.862. The normalized spacial score (nSPS) is 13.6. The predicted molar refractivity (Wildman–Crippen MR) is 85.4 cm³/mol. The van der Waals surface area contributed by atoms with E-state index >= 15 is 0 Å². The van der Waals surface area contributed by atoms with Crippen LogP contribution >= 0.6 is 0 Å². The van der Waals surface area contributed by atoms with Gasteiger partial charge in [-0.15, -0.1) is 0 Å². The van der Waals surface area contributed by atoms with Crippen LogP contribution in [0.3, 0.4) is 0 Å². The van der Waals surface area contributed by atoms with Crippen LogP contribution in [-0.4, -0.2) is 14.3 Å². The third kappa shape index (κ3) is 3.17. The first kappa shape index (κ1) is 15.1. The summed E-state index contributed by atoms with van der Waals surface area (Å²) in [5.74, 6) is -0.0659. The number of hydrogen-bond acceptors (Lipinski definition) is 4. The van der Waals surface area contributed by atoms with Crippen LogP contribution in [0.25, 0.3) is 0 Å². The lowest BCUT2D eigenvalue weighted by molar-refractivity contribution is -0.116. The lowest BCUT2D eigenvalue weighted by Crippen LogP contribution is -2.20. The number of aryl methyl sites for hydroxylation is 1.